The summed E-state index contributed by atoms with van der Waals surface area (Å²) >= 11 is 0. The van der Waals surface area contributed by atoms with Crippen molar-refractivity contribution >= 4 is 12.0 Å². The SMILES string of the molecule is C(=NC1CCCCC1)=NC1CCCCC1.CCCCCCCCCC(=O)O. The summed E-state index contributed by atoms with van der Waals surface area (Å²) in [5, 5.41) is 8.35. The summed E-state index contributed by atoms with van der Waals surface area (Å²) in [5.41, 5.74) is 0. The predicted molar refractivity (Wildman–Crippen MR) is 114 cm³/mol. The Balaban J connectivity index is 0.000000279. The first-order valence-corrected chi connectivity index (χ1v) is 11.6. The Morgan fingerprint density at radius 2 is 1.22 bits per heavy atom. The van der Waals surface area contributed by atoms with Crippen LogP contribution in [0, 0.1) is 0 Å². The standard InChI is InChI=1S/C13H22N2.C10H20O2/c1-3-7-12(8-4-1)14-11-15-13-9-5-2-6-10-13;1-2-3-4-5-6-7-8-9-10(11)12/h12-13H,1-10H2;2-9H2,1H3,(H,11,12). The second kappa shape index (κ2) is 17.0. The first-order chi connectivity index (χ1) is 13.2. The van der Waals surface area contributed by atoms with Gasteiger partial charge >= 0.3 is 5.97 Å². The highest BCUT2D eigenvalue weighted by Gasteiger charge is 2.12. The van der Waals surface area contributed by atoms with Crippen LogP contribution in [-0.2, 0) is 4.79 Å². The van der Waals surface area contributed by atoms with Gasteiger partial charge in [-0.1, -0.05) is 84.0 Å². The number of carboxylic acid groups (broad SMARTS) is 1. The normalized spacial score (nSPS) is 18.1. The number of hydrogen-bond donors (Lipinski definition) is 1. The van der Waals surface area contributed by atoms with Gasteiger partial charge in [0, 0.05) is 6.42 Å². The van der Waals surface area contributed by atoms with Crippen molar-refractivity contribution in [2.24, 2.45) is 9.98 Å². The smallest absolute Gasteiger partial charge is 0.303 e. The van der Waals surface area contributed by atoms with E-state index in [0.29, 0.717) is 18.5 Å². The third kappa shape index (κ3) is 14.6. The van der Waals surface area contributed by atoms with Gasteiger partial charge in [-0.25, -0.2) is 9.98 Å². The highest BCUT2D eigenvalue weighted by molar-refractivity contribution is 5.66. The molecule has 1 N–H and O–H groups in total. The fourth-order valence-electron chi connectivity index (χ4n) is 3.85. The van der Waals surface area contributed by atoms with Gasteiger partial charge in [-0.3, -0.25) is 4.79 Å². The number of unbranched alkanes of at least 4 members (excludes halogenated alkanes) is 6. The molecule has 0 aliphatic heterocycles. The molecule has 2 aliphatic carbocycles. The van der Waals surface area contributed by atoms with Gasteiger partial charge in [0.1, 0.15) is 0 Å². The summed E-state index contributed by atoms with van der Waals surface area (Å²) < 4.78 is 0. The minimum atomic E-state index is -0.663. The van der Waals surface area contributed by atoms with Gasteiger partial charge in [0.15, 0.2) is 0 Å². The Kier molecular flexibility index (Phi) is 15.0. The van der Waals surface area contributed by atoms with Gasteiger partial charge in [0.2, 0.25) is 0 Å². The number of aliphatic carboxylic acids is 1. The molecule has 0 amide bonds. The molecule has 0 atom stereocenters. The van der Waals surface area contributed by atoms with Crippen molar-refractivity contribution in [3.63, 3.8) is 0 Å². The van der Waals surface area contributed by atoms with Crippen LogP contribution in [0.3, 0.4) is 0 Å². The maximum absolute atomic E-state index is 10.1. The van der Waals surface area contributed by atoms with Crippen LogP contribution in [-0.4, -0.2) is 29.2 Å². The summed E-state index contributed by atoms with van der Waals surface area (Å²) in [7, 11) is 0. The largest absolute Gasteiger partial charge is 0.481 e. The minimum absolute atomic E-state index is 0.341. The highest BCUT2D eigenvalue weighted by atomic mass is 16.4. The first-order valence-electron chi connectivity index (χ1n) is 11.6. The van der Waals surface area contributed by atoms with Crippen molar-refractivity contribution in [2.75, 3.05) is 0 Å². The Hall–Kier alpha value is -1.15. The van der Waals surface area contributed by atoms with Gasteiger partial charge in [0.25, 0.3) is 0 Å². The number of hydrogen-bond acceptors (Lipinski definition) is 3. The van der Waals surface area contributed by atoms with E-state index in [1.807, 2.05) is 0 Å². The van der Waals surface area contributed by atoms with Crippen molar-refractivity contribution < 1.29 is 9.90 Å². The molecule has 0 aromatic rings. The lowest BCUT2D eigenvalue weighted by Gasteiger charge is -2.17. The maximum Gasteiger partial charge on any atom is 0.303 e. The van der Waals surface area contributed by atoms with Crippen LogP contribution in [0.5, 0.6) is 0 Å². The molecule has 2 rings (SSSR count). The topological polar surface area (TPSA) is 62.0 Å². The zero-order valence-electron chi connectivity index (χ0n) is 17.6. The van der Waals surface area contributed by atoms with Gasteiger partial charge < -0.3 is 5.11 Å². The molecular weight excluding hydrogens is 336 g/mol. The number of carboxylic acids is 1. The molecule has 4 nitrogen and oxygen atoms in total. The van der Waals surface area contributed by atoms with E-state index in [4.69, 9.17) is 5.11 Å². The second-order valence-corrected chi connectivity index (χ2v) is 8.21. The minimum Gasteiger partial charge on any atom is -0.481 e. The molecule has 27 heavy (non-hydrogen) atoms. The average molecular weight is 379 g/mol. The number of nitrogens with zero attached hydrogens (tertiary/aromatic N) is 2. The Labute approximate surface area is 167 Å². The van der Waals surface area contributed by atoms with Crippen molar-refractivity contribution in [3.8, 4) is 0 Å². The first kappa shape index (κ1) is 23.9. The van der Waals surface area contributed by atoms with Gasteiger partial charge in [-0.15, -0.1) is 0 Å². The zero-order chi connectivity index (χ0) is 19.6. The van der Waals surface area contributed by atoms with Crippen LogP contribution in [0.4, 0.5) is 0 Å². The van der Waals surface area contributed by atoms with E-state index in [0.717, 1.165) is 12.8 Å². The van der Waals surface area contributed by atoms with E-state index >= 15 is 0 Å². The molecule has 2 aliphatic rings. The fraction of sp³-hybridized carbons (Fsp3) is 0.913. The van der Waals surface area contributed by atoms with Gasteiger partial charge in [-0.2, -0.15) is 0 Å². The third-order valence-electron chi connectivity index (χ3n) is 5.62. The molecule has 0 spiro atoms. The van der Waals surface area contributed by atoms with Crippen LogP contribution in [0.15, 0.2) is 9.98 Å². The molecule has 0 unspecified atom stereocenters. The van der Waals surface area contributed by atoms with Crippen LogP contribution in [0.2, 0.25) is 0 Å². The molecule has 2 fully saturated rings. The van der Waals surface area contributed by atoms with Gasteiger partial charge in [0.05, 0.1) is 18.1 Å². The quantitative estimate of drug-likeness (QED) is 0.327. The molecule has 4 heteroatoms. The Morgan fingerprint density at radius 3 is 1.67 bits per heavy atom. The van der Waals surface area contributed by atoms with E-state index in [2.05, 4.69) is 22.9 Å². The van der Waals surface area contributed by atoms with Crippen molar-refractivity contribution in [1.82, 2.24) is 0 Å². The highest BCUT2D eigenvalue weighted by Crippen LogP contribution is 2.21. The third-order valence-corrected chi connectivity index (χ3v) is 5.62. The van der Waals surface area contributed by atoms with Gasteiger partial charge in [-0.05, 0) is 32.1 Å². The maximum atomic E-state index is 10.1. The van der Waals surface area contributed by atoms with Crippen LogP contribution < -0.4 is 0 Å². The lowest BCUT2D eigenvalue weighted by molar-refractivity contribution is -0.137. The summed E-state index contributed by atoms with van der Waals surface area (Å²) in [4.78, 5) is 19.1. The van der Waals surface area contributed by atoms with Crippen LogP contribution in [0.1, 0.15) is 122 Å². The Bertz CT molecular complexity index is 396. The van der Waals surface area contributed by atoms with E-state index in [9.17, 15) is 4.79 Å². The van der Waals surface area contributed by atoms with E-state index in [1.54, 1.807) is 0 Å². The summed E-state index contributed by atoms with van der Waals surface area (Å²) in [6, 6.07) is 4.04. The van der Waals surface area contributed by atoms with Crippen molar-refractivity contribution in [1.29, 1.82) is 0 Å². The van der Waals surface area contributed by atoms with Crippen LogP contribution in [0.25, 0.3) is 0 Å². The molecule has 0 radical (unpaired) electrons. The van der Waals surface area contributed by atoms with E-state index in [-0.39, 0.29) is 0 Å². The van der Waals surface area contributed by atoms with E-state index in [1.165, 1.54) is 96.3 Å². The predicted octanol–water partition coefficient (Wildman–Crippen LogP) is 7.04. The average Bonchev–Trinajstić information content (AvgIpc) is 2.69. The monoisotopic (exact) mass is 378 g/mol. The van der Waals surface area contributed by atoms with Crippen molar-refractivity contribution in [2.45, 2.75) is 135 Å². The molecule has 0 saturated heterocycles. The summed E-state index contributed by atoms with van der Waals surface area (Å²) in [6.45, 7) is 2.20. The fourth-order valence-corrected chi connectivity index (χ4v) is 3.85. The second-order valence-electron chi connectivity index (χ2n) is 8.21. The molecule has 0 bridgehead atoms. The van der Waals surface area contributed by atoms with Crippen molar-refractivity contribution in [3.05, 3.63) is 0 Å². The summed E-state index contributed by atoms with van der Waals surface area (Å²) in [6.07, 6.45) is 21.8. The zero-order valence-corrected chi connectivity index (χ0v) is 17.6. The number of aliphatic imine (C=N–C) groups is 2. The number of carbonyl (C=O) groups is 1. The summed E-state index contributed by atoms with van der Waals surface area (Å²) in [5.74, 6) is -0.663. The lowest BCUT2D eigenvalue weighted by Crippen LogP contribution is -2.10. The lowest BCUT2D eigenvalue weighted by atomic mass is 9.96. The molecule has 0 heterocycles. The molecule has 156 valence electrons. The Morgan fingerprint density at radius 1 is 0.778 bits per heavy atom. The molecule has 0 aromatic heterocycles. The molecule has 2 saturated carbocycles. The van der Waals surface area contributed by atoms with Crippen LogP contribution >= 0.6 is 0 Å². The van der Waals surface area contributed by atoms with E-state index < -0.39 is 5.97 Å². The number of rotatable bonds is 10. The molecular formula is C23H42N2O2. The molecule has 0 aromatic carbocycles.